The van der Waals surface area contributed by atoms with Gasteiger partial charge in [0.15, 0.2) is 81.2 Å². The Kier molecular flexibility index (Phi) is 10.1. The molecule has 4 atom stereocenters. The van der Waals surface area contributed by atoms with E-state index in [1.165, 1.54) is 0 Å². The number of rotatable bonds is 8. The van der Waals surface area contributed by atoms with Crippen LogP contribution in [0.5, 0.6) is 69.0 Å². The molecule has 1 unspecified atom stereocenters. The Labute approximate surface area is 299 Å². The second-order valence-corrected chi connectivity index (χ2v) is 11.2. The Morgan fingerprint density at radius 1 is 0.407 bits per heavy atom. The maximum absolute atomic E-state index is 13.4. The maximum Gasteiger partial charge on any atom is 0.340 e. The van der Waals surface area contributed by atoms with Crippen molar-refractivity contribution in [2.75, 3.05) is 6.61 Å². The molecule has 4 aromatic rings. The van der Waals surface area contributed by atoms with Crippen LogP contribution in [0.4, 0.5) is 0 Å². The highest BCUT2D eigenvalue weighted by Crippen LogP contribution is 2.40. The van der Waals surface area contributed by atoms with Crippen LogP contribution in [0.25, 0.3) is 0 Å². The van der Waals surface area contributed by atoms with Crippen molar-refractivity contribution in [2.24, 2.45) is 0 Å². The molecule has 0 aromatic heterocycles. The predicted molar refractivity (Wildman–Crippen MR) is 169 cm³/mol. The molecule has 21 nitrogen and oxygen atoms in total. The van der Waals surface area contributed by atoms with Gasteiger partial charge in [0.2, 0.25) is 12.4 Å². The molecule has 1 fully saturated rings. The van der Waals surface area contributed by atoms with Crippen LogP contribution >= 0.6 is 0 Å². The second-order valence-electron chi connectivity index (χ2n) is 11.2. The molecule has 0 saturated carbocycles. The largest absolute Gasteiger partial charge is 0.504 e. The number of benzene rings is 4. The normalized spacial score (nSPS) is 17.9. The van der Waals surface area contributed by atoms with Gasteiger partial charge >= 0.3 is 23.9 Å². The van der Waals surface area contributed by atoms with Gasteiger partial charge in [-0.1, -0.05) is 0 Å². The van der Waals surface area contributed by atoms with Crippen LogP contribution in [0.15, 0.2) is 48.5 Å². The van der Waals surface area contributed by atoms with Crippen molar-refractivity contribution in [2.45, 2.75) is 24.6 Å². The number of carbonyl (C=O) groups is 4. The summed E-state index contributed by atoms with van der Waals surface area (Å²) in [5.74, 6) is -17.9. The minimum atomic E-state index is -2.25. The summed E-state index contributed by atoms with van der Waals surface area (Å²) >= 11 is 0. The minimum Gasteiger partial charge on any atom is -0.504 e. The van der Waals surface area contributed by atoms with Gasteiger partial charge in [-0.2, -0.15) is 0 Å². The third kappa shape index (κ3) is 7.50. The summed E-state index contributed by atoms with van der Waals surface area (Å²) in [4.78, 5) is 53.2. The van der Waals surface area contributed by atoms with Crippen molar-refractivity contribution in [1.82, 2.24) is 0 Å². The number of phenols is 12. The van der Waals surface area contributed by atoms with Gasteiger partial charge < -0.3 is 85.0 Å². The van der Waals surface area contributed by atoms with E-state index in [4.69, 9.17) is 23.7 Å². The van der Waals surface area contributed by atoms with Gasteiger partial charge in [-0.05, 0) is 48.5 Å². The Bertz CT molecular complexity index is 1930. The summed E-state index contributed by atoms with van der Waals surface area (Å²) in [6.45, 7) is -0.898. The van der Waals surface area contributed by atoms with Crippen LogP contribution in [0.2, 0.25) is 0 Å². The number of esters is 4. The van der Waals surface area contributed by atoms with Gasteiger partial charge in [0.05, 0.1) is 28.9 Å². The fraction of sp³-hybridized carbons (Fsp3) is 0.152. The summed E-state index contributed by atoms with van der Waals surface area (Å²) in [6, 6.07) is 5.13. The fourth-order valence-corrected chi connectivity index (χ4v) is 4.86. The van der Waals surface area contributed by atoms with Crippen LogP contribution in [0.3, 0.4) is 0 Å². The molecule has 54 heavy (non-hydrogen) atoms. The van der Waals surface area contributed by atoms with E-state index in [0.29, 0.717) is 48.5 Å². The first-order valence-electron chi connectivity index (χ1n) is 14.8. The third-order valence-electron chi connectivity index (χ3n) is 7.57. The van der Waals surface area contributed by atoms with Crippen LogP contribution in [0, 0.1) is 0 Å². The lowest BCUT2D eigenvalue weighted by molar-refractivity contribution is -0.250. The summed E-state index contributed by atoms with van der Waals surface area (Å²) in [5.41, 5.74) is -2.59. The van der Waals surface area contributed by atoms with Gasteiger partial charge in [0.1, 0.15) is 0 Å². The molecule has 1 aliphatic heterocycles. The summed E-state index contributed by atoms with van der Waals surface area (Å²) < 4.78 is 27.1. The van der Waals surface area contributed by atoms with Crippen molar-refractivity contribution < 1.29 is 104 Å². The molecule has 0 aliphatic carbocycles. The van der Waals surface area contributed by atoms with Crippen LogP contribution in [0.1, 0.15) is 41.4 Å². The van der Waals surface area contributed by atoms with E-state index < -0.39 is 146 Å². The van der Waals surface area contributed by atoms with Crippen molar-refractivity contribution in [1.29, 1.82) is 0 Å². The molecule has 0 spiro atoms. The Morgan fingerprint density at radius 2 is 0.667 bits per heavy atom. The highest BCUT2D eigenvalue weighted by atomic mass is 16.7. The van der Waals surface area contributed by atoms with Gasteiger partial charge in [0.25, 0.3) is 0 Å². The fourth-order valence-electron chi connectivity index (χ4n) is 4.86. The van der Waals surface area contributed by atoms with Crippen molar-refractivity contribution >= 4 is 23.9 Å². The van der Waals surface area contributed by atoms with E-state index in [9.17, 15) is 80.5 Å². The summed E-state index contributed by atoms with van der Waals surface area (Å²) in [5, 5.41) is 118. The van der Waals surface area contributed by atoms with E-state index in [-0.39, 0.29) is 0 Å². The Balaban J connectivity index is 1.58. The number of aromatic hydroxyl groups is 12. The standard InChI is InChI=1S/C33H26O21/c34-14-1-10(2-15(35)23(14)42)29(46)51-22-9-50-33(54-32(49)13-7-20(40)26(45)21(41)8-13)28(53-31(48)12-5-18(38)25(44)19(39)6-12)27(22)52-30(47)11-3-16(36)24(43)17(37)4-11/h1-8,22,27-28,33-45H,9H2/t22-,27-,28-,33?/m1/s1. The smallest absolute Gasteiger partial charge is 0.340 e. The minimum absolute atomic E-state index is 0.606. The summed E-state index contributed by atoms with van der Waals surface area (Å²) in [7, 11) is 0. The van der Waals surface area contributed by atoms with E-state index in [1.54, 1.807) is 0 Å². The first-order chi connectivity index (χ1) is 25.4. The monoisotopic (exact) mass is 758 g/mol. The topological polar surface area (TPSA) is 357 Å². The average Bonchev–Trinajstić information content (AvgIpc) is 3.11. The maximum atomic E-state index is 13.4. The highest BCUT2D eigenvalue weighted by Gasteiger charge is 2.50. The lowest BCUT2D eigenvalue weighted by Crippen LogP contribution is -2.58. The number of hydrogen-bond donors (Lipinski definition) is 12. The molecule has 5 rings (SSSR count). The number of hydrogen-bond acceptors (Lipinski definition) is 21. The molecule has 0 bridgehead atoms. The quantitative estimate of drug-likeness (QED) is 0.0685. The number of ether oxygens (including phenoxy) is 5. The molecule has 284 valence electrons. The molecule has 0 radical (unpaired) electrons. The first-order valence-corrected chi connectivity index (χ1v) is 14.8. The Hall–Kier alpha value is -7.68. The zero-order valence-electron chi connectivity index (χ0n) is 26.7. The molecular formula is C33H26O21. The average molecular weight is 759 g/mol. The SMILES string of the molecule is O=C(OC1OC[C@@H](OC(=O)c2cc(O)c(O)c(O)c2)[C@@H](OC(=O)c2cc(O)c(O)c(O)c2)[C@H]1OC(=O)c1cc(O)c(O)c(O)c1)c1cc(O)c(O)c(O)c1. The lowest BCUT2D eigenvalue weighted by Gasteiger charge is -2.40. The second kappa shape index (κ2) is 14.5. The van der Waals surface area contributed by atoms with Gasteiger partial charge in [-0.15, -0.1) is 0 Å². The van der Waals surface area contributed by atoms with Crippen LogP contribution in [-0.2, 0) is 23.7 Å². The number of carbonyl (C=O) groups excluding carboxylic acids is 4. The molecule has 1 saturated heterocycles. The molecule has 1 heterocycles. The predicted octanol–water partition coefficient (Wildman–Crippen LogP) is 1.34. The van der Waals surface area contributed by atoms with E-state index in [0.717, 1.165) is 0 Å². The van der Waals surface area contributed by atoms with E-state index in [2.05, 4.69) is 0 Å². The highest BCUT2D eigenvalue weighted by molar-refractivity contribution is 5.94. The van der Waals surface area contributed by atoms with E-state index in [1.807, 2.05) is 0 Å². The van der Waals surface area contributed by atoms with Crippen LogP contribution in [-0.4, -0.2) is 116 Å². The van der Waals surface area contributed by atoms with Crippen molar-refractivity contribution in [3.63, 3.8) is 0 Å². The first kappa shape index (κ1) is 37.6. The number of phenolic OH excluding ortho intramolecular Hbond substituents is 12. The van der Waals surface area contributed by atoms with Gasteiger partial charge in [-0.3, -0.25) is 0 Å². The van der Waals surface area contributed by atoms with Crippen LogP contribution < -0.4 is 0 Å². The Morgan fingerprint density at radius 3 is 0.981 bits per heavy atom. The third-order valence-corrected chi connectivity index (χ3v) is 7.57. The summed E-state index contributed by atoms with van der Waals surface area (Å²) in [6.07, 6.45) is -8.50. The molecule has 12 N–H and O–H groups in total. The molecule has 21 heteroatoms. The van der Waals surface area contributed by atoms with Crippen molar-refractivity contribution in [3.8, 4) is 69.0 Å². The zero-order chi connectivity index (χ0) is 39.8. The molecule has 4 aromatic carbocycles. The van der Waals surface area contributed by atoms with Gasteiger partial charge in [0, 0.05) is 0 Å². The molecular weight excluding hydrogens is 732 g/mol. The molecule has 0 amide bonds. The van der Waals surface area contributed by atoms with Gasteiger partial charge in [-0.25, -0.2) is 19.2 Å². The lowest BCUT2D eigenvalue weighted by atomic mass is 10.0. The molecule has 1 aliphatic rings. The van der Waals surface area contributed by atoms with E-state index >= 15 is 0 Å². The zero-order valence-corrected chi connectivity index (χ0v) is 26.7. The van der Waals surface area contributed by atoms with Crippen molar-refractivity contribution in [3.05, 3.63) is 70.8 Å².